The molecule has 0 saturated heterocycles. The highest BCUT2D eigenvalue weighted by atomic mass is 35.5. The van der Waals surface area contributed by atoms with Crippen molar-refractivity contribution in [2.75, 3.05) is 10.7 Å². The average Bonchev–Trinajstić information content (AvgIpc) is 2.96. The number of nitrogens with one attached hydrogen (secondary N) is 1. The maximum Gasteiger partial charge on any atom is 0.237 e. The number of amides is 1. The molecule has 3 rings (SSSR count). The van der Waals surface area contributed by atoms with Crippen LogP contribution in [0.5, 0.6) is 0 Å². The summed E-state index contributed by atoms with van der Waals surface area (Å²) in [5.74, 6) is 0.434. The number of hydrogen-bond donors (Lipinski definition) is 1. The molecule has 0 aliphatic heterocycles. The molecule has 0 aliphatic carbocycles. The number of carbonyl (C=O) groups excluding carboxylic acids is 1. The number of imidazole rings is 1. The quantitative estimate of drug-likeness (QED) is 0.680. The van der Waals surface area contributed by atoms with Crippen molar-refractivity contribution in [3.8, 4) is 0 Å². The monoisotopic (exact) mass is 361 g/mol. The summed E-state index contributed by atoms with van der Waals surface area (Å²) in [6.07, 6.45) is 0. The highest BCUT2D eigenvalue weighted by Crippen LogP contribution is 2.22. The third-order valence-corrected chi connectivity index (χ3v) is 4.38. The fraction of sp³-hybridized carbons (Fsp3) is 0.222. The Morgan fingerprint density at radius 2 is 1.79 bits per heavy atom. The van der Waals surface area contributed by atoms with Crippen molar-refractivity contribution in [2.45, 2.75) is 25.0 Å². The van der Waals surface area contributed by atoms with Crippen LogP contribution in [0.1, 0.15) is 13.8 Å². The van der Waals surface area contributed by atoms with Crippen molar-refractivity contribution in [1.82, 2.24) is 9.97 Å². The molecule has 6 heteroatoms. The van der Waals surface area contributed by atoms with E-state index in [9.17, 15) is 4.79 Å². The van der Waals surface area contributed by atoms with Gasteiger partial charge in [-0.05, 0) is 38.1 Å². The van der Waals surface area contributed by atoms with E-state index in [1.54, 1.807) is 0 Å². The summed E-state index contributed by atoms with van der Waals surface area (Å²) < 4.78 is 0. The molecule has 24 heavy (non-hydrogen) atoms. The Morgan fingerprint density at radius 3 is 2.46 bits per heavy atom. The van der Waals surface area contributed by atoms with Crippen molar-refractivity contribution < 1.29 is 4.79 Å². The molecule has 4 nitrogen and oxygen atoms in total. The fourth-order valence-corrected chi connectivity index (χ4v) is 3.26. The molecule has 0 spiro atoms. The van der Waals surface area contributed by atoms with Crippen molar-refractivity contribution in [3.05, 3.63) is 54.6 Å². The van der Waals surface area contributed by atoms with E-state index in [0.29, 0.717) is 5.75 Å². The number of hydrogen-bond acceptors (Lipinski definition) is 3. The number of aromatic nitrogens is 2. The third kappa shape index (κ3) is 4.10. The van der Waals surface area contributed by atoms with Crippen LogP contribution in [0, 0.1) is 0 Å². The Kier molecular flexibility index (Phi) is 6.29. The van der Waals surface area contributed by atoms with Gasteiger partial charge in [-0.3, -0.25) is 4.79 Å². The molecule has 1 N–H and O–H groups in total. The molecule has 0 unspecified atom stereocenters. The average molecular weight is 362 g/mol. The van der Waals surface area contributed by atoms with Crippen LogP contribution in [-0.4, -0.2) is 27.7 Å². The molecule has 0 aliphatic rings. The lowest BCUT2D eigenvalue weighted by Gasteiger charge is -2.26. The minimum absolute atomic E-state index is 0. The zero-order valence-corrected chi connectivity index (χ0v) is 15.2. The number of thioether (sulfide) groups is 1. The predicted molar refractivity (Wildman–Crippen MR) is 103 cm³/mol. The smallest absolute Gasteiger partial charge is 0.237 e. The highest BCUT2D eigenvalue weighted by Gasteiger charge is 2.19. The number of rotatable bonds is 5. The summed E-state index contributed by atoms with van der Waals surface area (Å²) in [5.41, 5.74) is 2.84. The molecular weight excluding hydrogens is 342 g/mol. The van der Waals surface area contributed by atoms with Crippen LogP contribution in [0.2, 0.25) is 0 Å². The van der Waals surface area contributed by atoms with Crippen LogP contribution < -0.4 is 4.90 Å². The van der Waals surface area contributed by atoms with Gasteiger partial charge in [0.1, 0.15) is 0 Å². The minimum Gasteiger partial charge on any atom is -0.333 e. The maximum atomic E-state index is 12.6. The highest BCUT2D eigenvalue weighted by molar-refractivity contribution is 7.99. The van der Waals surface area contributed by atoms with E-state index < -0.39 is 0 Å². The largest absolute Gasteiger partial charge is 0.333 e. The lowest BCUT2D eigenvalue weighted by atomic mass is 10.2. The maximum absolute atomic E-state index is 12.6. The van der Waals surface area contributed by atoms with Crippen LogP contribution >= 0.6 is 24.2 Å². The van der Waals surface area contributed by atoms with Crippen LogP contribution in [0.15, 0.2) is 59.8 Å². The predicted octanol–water partition coefficient (Wildman–Crippen LogP) is 4.52. The minimum atomic E-state index is 0. The van der Waals surface area contributed by atoms with Gasteiger partial charge < -0.3 is 9.88 Å². The molecule has 1 amide bonds. The Hall–Kier alpha value is -1.98. The van der Waals surface area contributed by atoms with Gasteiger partial charge >= 0.3 is 0 Å². The van der Waals surface area contributed by atoms with Gasteiger partial charge in [-0.15, -0.1) is 12.4 Å². The summed E-state index contributed by atoms with van der Waals surface area (Å²) >= 11 is 1.44. The number of fused-ring (bicyclic) bond motifs is 1. The Morgan fingerprint density at radius 1 is 1.12 bits per heavy atom. The van der Waals surface area contributed by atoms with Gasteiger partial charge in [0.2, 0.25) is 5.91 Å². The molecule has 0 atom stereocenters. The van der Waals surface area contributed by atoms with Crippen LogP contribution in [0.25, 0.3) is 11.0 Å². The van der Waals surface area contributed by atoms with E-state index >= 15 is 0 Å². The van der Waals surface area contributed by atoms with Gasteiger partial charge in [0.15, 0.2) is 5.16 Å². The molecule has 0 bridgehead atoms. The van der Waals surface area contributed by atoms with Gasteiger partial charge in [0.25, 0.3) is 0 Å². The first-order chi connectivity index (χ1) is 11.1. The summed E-state index contributed by atoms with van der Waals surface area (Å²) in [5, 5.41) is 0.774. The number of aromatic amines is 1. The van der Waals surface area contributed by atoms with Gasteiger partial charge in [-0.1, -0.05) is 42.1 Å². The molecule has 2 aromatic carbocycles. The van der Waals surface area contributed by atoms with Gasteiger partial charge in [-0.25, -0.2) is 4.98 Å². The summed E-state index contributed by atoms with van der Waals surface area (Å²) in [4.78, 5) is 22.2. The molecular formula is C18H20ClN3OS. The van der Waals surface area contributed by atoms with Crippen molar-refractivity contribution in [2.24, 2.45) is 0 Å². The van der Waals surface area contributed by atoms with E-state index in [4.69, 9.17) is 0 Å². The lowest BCUT2D eigenvalue weighted by Crippen LogP contribution is -2.38. The number of anilines is 1. The van der Waals surface area contributed by atoms with E-state index in [2.05, 4.69) is 9.97 Å². The van der Waals surface area contributed by atoms with E-state index in [1.807, 2.05) is 73.3 Å². The number of H-pyrrole nitrogens is 1. The van der Waals surface area contributed by atoms with Gasteiger partial charge in [-0.2, -0.15) is 0 Å². The standard InChI is InChI=1S/C18H19N3OS.ClH/c1-13(2)21(14-8-4-3-5-9-14)17(22)12-23-18-19-15-10-6-7-11-16(15)20-18;/h3-11,13H,12H2,1-2H3,(H,19,20);1H. The fourth-order valence-electron chi connectivity index (χ4n) is 2.52. The number of carbonyl (C=O) groups is 1. The molecule has 0 fully saturated rings. The normalized spacial score (nSPS) is 10.6. The molecule has 0 radical (unpaired) electrons. The zero-order valence-electron chi connectivity index (χ0n) is 13.6. The van der Waals surface area contributed by atoms with Crippen molar-refractivity contribution in [1.29, 1.82) is 0 Å². The molecule has 3 aromatic rings. The summed E-state index contributed by atoms with van der Waals surface area (Å²) in [7, 11) is 0. The second-order valence-electron chi connectivity index (χ2n) is 5.54. The first-order valence-corrected chi connectivity index (χ1v) is 8.58. The Balaban J connectivity index is 0.00000208. The van der Waals surface area contributed by atoms with Crippen LogP contribution in [0.3, 0.4) is 0 Å². The van der Waals surface area contributed by atoms with E-state index in [0.717, 1.165) is 21.9 Å². The van der Waals surface area contributed by atoms with Crippen LogP contribution in [-0.2, 0) is 4.79 Å². The topological polar surface area (TPSA) is 49.0 Å². The lowest BCUT2D eigenvalue weighted by molar-refractivity contribution is -0.116. The molecule has 1 heterocycles. The molecule has 1 aromatic heterocycles. The Labute approximate surface area is 152 Å². The van der Waals surface area contributed by atoms with E-state index in [1.165, 1.54) is 11.8 Å². The SMILES string of the molecule is CC(C)N(C(=O)CSc1nc2ccccc2[nH]1)c1ccccc1.Cl. The summed E-state index contributed by atoms with van der Waals surface area (Å²) in [6, 6.07) is 17.8. The van der Waals surface area contributed by atoms with Crippen molar-refractivity contribution >= 4 is 46.8 Å². The molecule has 126 valence electrons. The van der Waals surface area contributed by atoms with Crippen molar-refractivity contribution in [3.63, 3.8) is 0 Å². The van der Waals surface area contributed by atoms with E-state index in [-0.39, 0.29) is 24.4 Å². The number of benzene rings is 2. The number of para-hydroxylation sites is 3. The first-order valence-electron chi connectivity index (χ1n) is 7.60. The first kappa shape index (κ1) is 18.4. The molecule has 0 saturated carbocycles. The van der Waals surface area contributed by atoms with Gasteiger partial charge in [0.05, 0.1) is 16.8 Å². The number of halogens is 1. The Bertz CT molecular complexity index is 771. The summed E-state index contributed by atoms with van der Waals surface area (Å²) in [6.45, 7) is 4.05. The number of nitrogens with zero attached hydrogens (tertiary/aromatic N) is 2. The van der Waals surface area contributed by atoms with Gasteiger partial charge in [0, 0.05) is 11.7 Å². The zero-order chi connectivity index (χ0) is 16.2. The second-order valence-corrected chi connectivity index (χ2v) is 6.50. The third-order valence-electron chi connectivity index (χ3n) is 3.52. The second kappa shape index (κ2) is 8.22. The van der Waals surface area contributed by atoms with Crippen LogP contribution in [0.4, 0.5) is 5.69 Å².